The molecule has 0 saturated carbocycles. The van der Waals surface area contributed by atoms with Gasteiger partial charge in [0.15, 0.2) is 0 Å². The van der Waals surface area contributed by atoms with Crippen LogP contribution in [0.3, 0.4) is 0 Å². The summed E-state index contributed by atoms with van der Waals surface area (Å²) in [5.41, 5.74) is 2.06. The van der Waals surface area contributed by atoms with E-state index in [1.165, 1.54) is 0 Å². The van der Waals surface area contributed by atoms with Gasteiger partial charge in [-0.2, -0.15) is 0 Å². The van der Waals surface area contributed by atoms with E-state index < -0.39 is 0 Å². The largest absolute Gasteiger partial charge is 0.354 e. The monoisotopic (exact) mass is 229 g/mol. The van der Waals surface area contributed by atoms with Crippen LogP contribution in [0.2, 0.25) is 0 Å². The van der Waals surface area contributed by atoms with Gasteiger partial charge in [-0.05, 0) is 19.9 Å². The van der Waals surface area contributed by atoms with Gasteiger partial charge in [0.1, 0.15) is 0 Å². The molecule has 0 atom stereocenters. The van der Waals surface area contributed by atoms with Crippen molar-refractivity contribution in [1.29, 1.82) is 0 Å². The highest BCUT2D eigenvalue weighted by atomic mass is 32.2. The normalized spacial score (nSPS) is 20.1. The van der Waals surface area contributed by atoms with Crippen molar-refractivity contribution in [2.24, 2.45) is 0 Å². The van der Waals surface area contributed by atoms with Crippen LogP contribution in [0.15, 0.2) is 58.7 Å². The smallest absolute Gasteiger partial charge is 0.0520 e. The average Bonchev–Trinajstić information content (AvgIpc) is 2.35. The Balaban J connectivity index is 3.17. The maximum Gasteiger partial charge on any atom is 0.0520 e. The Labute approximate surface area is 102 Å². The third-order valence-corrected chi connectivity index (χ3v) is 3.21. The van der Waals surface area contributed by atoms with Crippen LogP contribution < -0.4 is 5.32 Å². The van der Waals surface area contributed by atoms with Gasteiger partial charge in [0, 0.05) is 21.6 Å². The number of allylic oxidation sites excluding steroid dienone is 4. The van der Waals surface area contributed by atoms with Crippen molar-refractivity contribution in [3.63, 3.8) is 0 Å². The van der Waals surface area contributed by atoms with Crippen LogP contribution in [-0.4, -0.2) is 0 Å². The van der Waals surface area contributed by atoms with Gasteiger partial charge in [-0.1, -0.05) is 43.0 Å². The molecule has 1 heterocycles. The number of rotatable bonds is 2. The van der Waals surface area contributed by atoms with Crippen molar-refractivity contribution >= 4 is 11.8 Å². The van der Waals surface area contributed by atoms with Gasteiger partial charge in [0.25, 0.3) is 0 Å². The van der Waals surface area contributed by atoms with Gasteiger partial charge in [-0.25, -0.2) is 0 Å². The minimum absolute atomic E-state index is 0.995. The first-order chi connectivity index (χ1) is 7.76. The maximum absolute atomic E-state index is 3.80. The summed E-state index contributed by atoms with van der Waals surface area (Å²) in [6, 6.07) is 0. The molecule has 1 nitrogen and oxygen atoms in total. The summed E-state index contributed by atoms with van der Waals surface area (Å²) in [5.74, 6) is 5.82. The molecule has 0 radical (unpaired) electrons. The third-order valence-electron chi connectivity index (χ3n) is 2.05. The van der Waals surface area contributed by atoms with Crippen LogP contribution in [0.1, 0.15) is 13.8 Å². The van der Waals surface area contributed by atoms with Crippen molar-refractivity contribution in [3.8, 4) is 11.8 Å². The summed E-state index contributed by atoms with van der Waals surface area (Å²) in [5, 5.41) is 3.31. The van der Waals surface area contributed by atoms with Gasteiger partial charge in [-0.15, -0.1) is 5.92 Å². The van der Waals surface area contributed by atoms with Crippen LogP contribution in [0.25, 0.3) is 0 Å². The molecule has 1 N–H and O–H groups in total. The SMILES string of the molecule is C=CC1=C(C=C)SC(=C/C#CC)/C(=C\C)N1. The summed E-state index contributed by atoms with van der Waals surface area (Å²) in [6.45, 7) is 11.4. The molecule has 0 aromatic heterocycles. The van der Waals surface area contributed by atoms with Crippen LogP contribution in [0, 0.1) is 11.8 Å². The molecule has 16 heavy (non-hydrogen) atoms. The molecular formula is C14H15NS. The first kappa shape index (κ1) is 12.5. The summed E-state index contributed by atoms with van der Waals surface area (Å²) in [4.78, 5) is 2.18. The van der Waals surface area contributed by atoms with E-state index in [-0.39, 0.29) is 0 Å². The molecule has 0 aliphatic carbocycles. The molecule has 2 heteroatoms. The molecule has 82 valence electrons. The fourth-order valence-electron chi connectivity index (χ4n) is 1.26. The first-order valence-corrected chi connectivity index (χ1v) is 5.81. The van der Waals surface area contributed by atoms with E-state index in [1.807, 2.05) is 32.1 Å². The second-order valence-electron chi connectivity index (χ2n) is 3.02. The zero-order valence-electron chi connectivity index (χ0n) is 9.63. The average molecular weight is 229 g/mol. The van der Waals surface area contributed by atoms with E-state index in [9.17, 15) is 0 Å². The third kappa shape index (κ3) is 2.71. The van der Waals surface area contributed by atoms with Gasteiger partial charge < -0.3 is 5.32 Å². The lowest BCUT2D eigenvalue weighted by molar-refractivity contribution is 1.02. The molecule has 0 bridgehead atoms. The standard InChI is InChI=1S/C14H15NS/c1-5-9-10-14-12(7-3)15-11(6-2)13(8-4)16-14/h6-8,10,15H,2,4H2,1,3H3/b12-7+,14-10+. The van der Waals surface area contributed by atoms with Crippen LogP contribution in [-0.2, 0) is 0 Å². The van der Waals surface area contributed by atoms with Crippen LogP contribution in [0.5, 0.6) is 0 Å². The topological polar surface area (TPSA) is 12.0 Å². The molecule has 0 fully saturated rings. The second-order valence-corrected chi connectivity index (χ2v) is 4.10. The van der Waals surface area contributed by atoms with Crippen molar-refractivity contribution in [2.75, 3.05) is 0 Å². The van der Waals surface area contributed by atoms with Crippen molar-refractivity contribution < 1.29 is 0 Å². The molecule has 0 amide bonds. The van der Waals surface area contributed by atoms with Gasteiger partial charge in [0.05, 0.1) is 5.70 Å². The predicted octanol–water partition coefficient (Wildman–Crippen LogP) is 3.72. The summed E-state index contributed by atoms with van der Waals surface area (Å²) in [7, 11) is 0. The highest BCUT2D eigenvalue weighted by Gasteiger charge is 2.16. The van der Waals surface area contributed by atoms with Crippen LogP contribution >= 0.6 is 11.8 Å². The lowest BCUT2D eigenvalue weighted by Crippen LogP contribution is -2.17. The van der Waals surface area contributed by atoms with E-state index in [1.54, 1.807) is 17.8 Å². The minimum Gasteiger partial charge on any atom is -0.354 e. The van der Waals surface area contributed by atoms with Gasteiger partial charge >= 0.3 is 0 Å². The molecule has 1 aliphatic heterocycles. The summed E-state index contributed by atoms with van der Waals surface area (Å²) in [6.07, 6.45) is 7.57. The Hall–Kier alpha value is -1.59. The quantitative estimate of drug-likeness (QED) is 0.724. The summed E-state index contributed by atoms with van der Waals surface area (Å²) >= 11 is 1.65. The Morgan fingerprint density at radius 3 is 2.56 bits per heavy atom. The highest BCUT2D eigenvalue weighted by Crippen LogP contribution is 2.36. The Bertz CT molecular complexity index is 453. The minimum atomic E-state index is 0.995. The number of nitrogens with one attached hydrogen (secondary N) is 1. The molecule has 0 aromatic carbocycles. The van der Waals surface area contributed by atoms with E-state index in [2.05, 4.69) is 30.3 Å². The van der Waals surface area contributed by atoms with E-state index in [4.69, 9.17) is 0 Å². The van der Waals surface area contributed by atoms with E-state index in [0.29, 0.717) is 0 Å². The molecule has 0 unspecified atom stereocenters. The molecule has 1 rings (SSSR count). The fourth-order valence-corrected chi connectivity index (χ4v) is 2.22. The van der Waals surface area contributed by atoms with Crippen LogP contribution in [0.4, 0.5) is 0 Å². The Morgan fingerprint density at radius 1 is 1.31 bits per heavy atom. The second kappa shape index (κ2) is 6.09. The molecule has 0 saturated heterocycles. The van der Waals surface area contributed by atoms with E-state index >= 15 is 0 Å². The first-order valence-electron chi connectivity index (χ1n) is 5.00. The highest BCUT2D eigenvalue weighted by molar-refractivity contribution is 8.07. The van der Waals surface area contributed by atoms with Crippen molar-refractivity contribution in [3.05, 3.63) is 58.7 Å². The number of thioether (sulfide) groups is 1. The number of hydrogen-bond acceptors (Lipinski definition) is 2. The fraction of sp³-hybridized carbons (Fsp3) is 0.143. The van der Waals surface area contributed by atoms with E-state index in [0.717, 1.165) is 21.2 Å². The molecule has 0 spiro atoms. The number of hydrogen-bond donors (Lipinski definition) is 1. The lowest BCUT2D eigenvalue weighted by Gasteiger charge is -2.22. The Morgan fingerprint density at radius 2 is 2.06 bits per heavy atom. The zero-order valence-corrected chi connectivity index (χ0v) is 10.4. The zero-order chi connectivity index (χ0) is 12.0. The van der Waals surface area contributed by atoms with Crippen molar-refractivity contribution in [2.45, 2.75) is 13.8 Å². The summed E-state index contributed by atoms with van der Waals surface area (Å²) < 4.78 is 0. The Kier molecular flexibility index (Phi) is 4.75. The van der Waals surface area contributed by atoms with Gasteiger partial charge in [0.2, 0.25) is 0 Å². The lowest BCUT2D eigenvalue weighted by atomic mass is 10.3. The molecule has 0 aromatic rings. The maximum atomic E-state index is 3.80. The predicted molar refractivity (Wildman–Crippen MR) is 73.4 cm³/mol. The van der Waals surface area contributed by atoms with Gasteiger partial charge in [-0.3, -0.25) is 0 Å². The molecular weight excluding hydrogens is 214 g/mol. The van der Waals surface area contributed by atoms with Crippen molar-refractivity contribution in [1.82, 2.24) is 5.32 Å². The molecule has 1 aliphatic rings.